The van der Waals surface area contributed by atoms with Gasteiger partial charge in [0.1, 0.15) is 5.82 Å². The lowest BCUT2D eigenvalue weighted by Gasteiger charge is -2.40. The summed E-state index contributed by atoms with van der Waals surface area (Å²) in [6, 6.07) is 69.5. The summed E-state index contributed by atoms with van der Waals surface area (Å²) in [4.78, 5) is 9.52. The molecular formula is C50H39N3. The number of fused-ring (bicyclic) bond motifs is 2. The number of para-hydroxylation sites is 1. The SMILES string of the molecule is CC1(C)c2ccccc2N(c2ccc(-c3ccc(N(c4ccc(-c5ccccc5)cc4)c4ccc(-c5ccccc5)cc4)cc3)cc2)c2ncccc21. The summed E-state index contributed by atoms with van der Waals surface area (Å²) in [5.41, 5.74) is 15.1. The van der Waals surface area contributed by atoms with Crippen molar-refractivity contribution in [1.82, 2.24) is 4.98 Å². The largest absolute Gasteiger partial charge is 0.311 e. The van der Waals surface area contributed by atoms with E-state index in [0.29, 0.717) is 0 Å². The van der Waals surface area contributed by atoms with Gasteiger partial charge >= 0.3 is 0 Å². The van der Waals surface area contributed by atoms with Gasteiger partial charge in [-0.3, -0.25) is 4.90 Å². The van der Waals surface area contributed by atoms with Gasteiger partial charge in [-0.25, -0.2) is 4.98 Å². The Hall–Kier alpha value is -6.71. The highest BCUT2D eigenvalue weighted by Crippen LogP contribution is 2.50. The number of hydrogen-bond acceptors (Lipinski definition) is 3. The third kappa shape index (κ3) is 5.96. The fraction of sp³-hybridized carbons (Fsp3) is 0.0600. The zero-order valence-corrected chi connectivity index (χ0v) is 29.9. The molecule has 2 heterocycles. The number of hydrogen-bond donors (Lipinski definition) is 0. The van der Waals surface area contributed by atoms with E-state index in [1.54, 1.807) is 0 Å². The van der Waals surface area contributed by atoms with E-state index in [9.17, 15) is 0 Å². The van der Waals surface area contributed by atoms with Crippen LogP contribution in [0.15, 0.2) is 200 Å². The molecule has 0 amide bonds. The summed E-state index contributed by atoms with van der Waals surface area (Å²) < 4.78 is 0. The second kappa shape index (κ2) is 13.4. The molecule has 53 heavy (non-hydrogen) atoms. The molecule has 0 unspecified atom stereocenters. The number of nitrogens with zero attached hydrogens (tertiary/aromatic N) is 3. The van der Waals surface area contributed by atoms with E-state index in [2.05, 4.69) is 212 Å². The summed E-state index contributed by atoms with van der Waals surface area (Å²) >= 11 is 0. The van der Waals surface area contributed by atoms with Crippen molar-refractivity contribution in [3.63, 3.8) is 0 Å². The van der Waals surface area contributed by atoms with Crippen LogP contribution in [0.4, 0.5) is 34.3 Å². The Morgan fingerprint density at radius 3 is 1.28 bits per heavy atom. The average molecular weight is 682 g/mol. The summed E-state index contributed by atoms with van der Waals surface area (Å²) in [6.45, 7) is 4.58. The van der Waals surface area contributed by atoms with Crippen LogP contribution in [-0.4, -0.2) is 4.98 Å². The normalized spacial score (nSPS) is 12.8. The first-order valence-electron chi connectivity index (χ1n) is 18.2. The van der Waals surface area contributed by atoms with Gasteiger partial charge in [0, 0.05) is 39.9 Å². The second-order valence-electron chi connectivity index (χ2n) is 14.1. The molecule has 0 fully saturated rings. The van der Waals surface area contributed by atoms with Crippen molar-refractivity contribution in [2.45, 2.75) is 19.3 Å². The molecule has 3 nitrogen and oxygen atoms in total. The molecule has 0 saturated carbocycles. The van der Waals surface area contributed by atoms with Crippen molar-refractivity contribution in [3.05, 3.63) is 211 Å². The maximum atomic E-state index is 4.89. The van der Waals surface area contributed by atoms with Crippen LogP contribution in [-0.2, 0) is 5.41 Å². The Labute approximate surface area is 312 Å². The van der Waals surface area contributed by atoms with Crippen molar-refractivity contribution < 1.29 is 0 Å². The van der Waals surface area contributed by atoms with Crippen LogP contribution in [0, 0.1) is 0 Å². The molecule has 254 valence electrons. The van der Waals surface area contributed by atoms with Crippen molar-refractivity contribution in [2.24, 2.45) is 0 Å². The molecule has 9 rings (SSSR count). The first-order chi connectivity index (χ1) is 26.0. The van der Waals surface area contributed by atoms with Crippen molar-refractivity contribution >= 4 is 34.3 Å². The number of aromatic nitrogens is 1. The Kier molecular flexibility index (Phi) is 8.17. The fourth-order valence-corrected chi connectivity index (χ4v) is 7.70. The van der Waals surface area contributed by atoms with Crippen LogP contribution in [0.1, 0.15) is 25.0 Å². The van der Waals surface area contributed by atoms with Gasteiger partial charge in [0.15, 0.2) is 0 Å². The van der Waals surface area contributed by atoms with Crippen molar-refractivity contribution in [2.75, 3.05) is 9.80 Å². The smallest absolute Gasteiger partial charge is 0.141 e. The molecule has 0 spiro atoms. The molecule has 8 aromatic rings. The third-order valence-electron chi connectivity index (χ3n) is 10.5. The monoisotopic (exact) mass is 681 g/mol. The molecule has 1 aliphatic rings. The average Bonchev–Trinajstić information content (AvgIpc) is 3.23. The predicted octanol–water partition coefficient (Wildman–Crippen LogP) is 13.7. The highest BCUT2D eigenvalue weighted by Gasteiger charge is 2.37. The second-order valence-corrected chi connectivity index (χ2v) is 14.1. The van der Waals surface area contributed by atoms with Gasteiger partial charge in [0.05, 0.1) is 5.69 Å². The zero-order valence-electron chi connectivity index (χ0n) is 29.9. The molecular weight excluding hydrogens is 643 g/mol. The van der Waals surface area contributed by atoms with E-state index < -0.39 is 0 Å². The Morgan fingerprint density at radius 2 is 0.792 bits per heavy atom. The molecule has 1 aromatic heterocycles. The number of pyridine rings is 1. The van der Waals surface area contributed by atoms with Crippen molar-refractivity contribution in [1.29, 1.82) is 0 Å². The molecule has 7 aromatic carbocycles. The van der Waals surface area contributed by atoms with E-state index in [4.69, 9.17) is 4.98 Å². The lowest BCUT2D eigenvalue weighted by atomic mass is 9.74. The molecule has 0 radical (unpaired) electrons. The minimum absolute atomic E-state index is 0.139. The summed E-state index contributed by atoms with van der Waals surface area (Å²) in [5.74, 6) is 0.988. The molecule has 0 N–H and O–H groups in total. The predicted molar refractivity (Wildman–Crippen MR) is 222 cm³/mol. The standard InChI is InChI=1S/C50H39N3/c1-50(2)46-16-9-10-18-48(46)53(49-47(50)17-11-35-51-49)45-33-25-41(26-34-45)40-23-31-44(32-24-40)52(42-27-19-38(20-28-42)36-12-5-3-6-13-36)43-29-21-39(22-30-43)37-14-7-4-8-15-37/h3-35H,1-2H3. The van der Waals surface area contributed by atoms with E-state index in [1.807, 2.05) is 12.3 Å². The van der Waals surface area contributed by atoms with Gasteiger partial charge in [-0.1, -0.05) is 147 Å². The van der Waals surface area contributed by atoms with Crippen LogP contribution in [0.3, 0.4) is 0 Å². The van der Waals surface area contributed by atoms with Gasteiger partial charge in [-0.2, -0.15) is 0 Å². The van der Waals surface area contributed by atoms with Crippen LogP contribution in [0.2, 0.25) is 0 Å². The molecule has 3 heteroatoms. The van der Waals surface area contributed by atoms with Gasteiger partial charge < -0.3 is 4.90 Å². The summed E-state index contributed by atoms with van der Waals surface area (Å²) in [7, 11) is 0. The quantitative estimate of drug-likeness (QED) is 0.167. The van der Waals surface area contributed by atoms with Crippen LogP contribution in [0.25, 0.3) is 33.4 Å². The van der Waals surface area contributed by atoms with Gasteiger partial charge in [-0.05, 0) is 99.6 Å². The first kappa shape index (κ1) is 32.2. The lowest BCUT2D eigenvalue weighted by Crippen LogP contribution is -2.31. The summed E-state index contributed by atoms with van der Waals surface area (Å²) in [5, 5.41) is 0. The molecule has 1 aliphatic heterocycles. The zero-order chi connectivity index (χ0) is 35.8. The van der Waals surface area contributed by atoms with E-state index >= 15 is 0 Å². The minimum atomic E-state index is -0.139. The fourth-order valence-electron chi connectivity index (χ4n) is 7.70. The van der Waals surface area contributed by atoms with E-state index in [0.717, 1.165) is 39.7 Å². The van der Waals surface area contributed by atoms with Crippen LogP contribution >= 0.6 is 0 Å². The first-order valence-corrected chi connectivity index (χ1v) is 18.2. The Morgan fingerprint density at radius 1 is 0.396 bits per heavy atom. The third-order valence-corrected chi connectivity index (χ3v) is 10.5. The van der Waals surface area contributed by atoms with E-state index in [-0.39, 0.29) is 5.41 Å². The lowest BCUT2D eigenvalue weighted by molar-refractivity contribution is 0.627. The molecule has 0 saturated heterocycles. The Balaban J connectivity index is 1.04. The van der Waals surface area contributed by atoms with Crippen LogP contribution < -0.4 is 9.80 Å². The summed E-state index contributed by atoms with van der Waals surface area (Å²) in [6.07, 6.45) is 1.89. The highest BCUT2D eigenvalue weighted by molar-refractivity contribution is 5.85. The minimum Gasteiger partial charge on any atom is -0.311 e. The topological polar surface area (TPSA) is 19.4 Å². The van der Waals surface area contributed by atoms with Crippen LogP contribution in [0.5, 0.6) is 0 Å². The number of benzene rings is 7. The maximum Gasteiger partial charge on any atom is 0.141 e. The molecule has 0 atom stereocenters. The van der Waals surface area contributed by atoms with Gasteiger partial charge in [0.25, 0.3) is 0 Å². The highest BCUT2D eigenvalue weighted by atomic mass is 15.2. The Bertz CT molecular complexity index is 2350. The number of rotatable bonds is 7. The van der Waals surface area contributed by atoms with Crippen molar-refractivity contribution in [3.8, 4) is 33.4 Å². The van der Waals surface area contributed by atoms with Gasteiger partial charge in [-0.15, -0.1) is 0 Å². The van der Waals surface area contributed by atoms with E-state index in [1.165, 1.54) is 39.1 Å². The maximum absolute atomic E-state index is 4.89. The molecule has 0 bridgehead atoms. The molecule has 0 aliphatic carbocycles. The van der Waals surface area contributed by atoms with Gasteiger partial charge in [0.2, 0.25) is 0 Å². The number of anilines is 6.